The van der Waals surface area contributed by atoms with Crippen LogP contribution in [-0.4, -0.2) is 36.1 Å². The number of nitrogens with one attached hydrogen (secondary N) is 2. The standard InChI is InChI=1S/C12H22N2O3/c1-2-3-4-10(12(16)17)14-11(15)9-5-7-13-8-6-9/h9-10,13H,2-8H2,1H3,(H,14,15)(H,16,17). The number of amides is 1. The quantitative estimate of drug-likeness (QED) is 0.642. The zero-order valence-electron chi connectivity index (χ0n) is 10.4. The zero-order chi connectivity index (χ0) is 12.7. The van der Waals surface area contributed by atoms with Crippen LogP contribution in [-0.2, 0) is 9.59 Å². The van der Waals surface area contributed by atoms with Gasteiger partial charge < -0.3 is 15.7 Å². The van der Waals surface area contributed by atoms with Gasteiger partial charge in [-0.1, -0.05) is 19.8 Å². The minimum atomic E-state index is -0.930. The van der Waals surface area contributed by atoms with Crippen molar-refractivity contribution in [3.63, 3.8) is 0 Å². The van der Waals surface area contributed by atoms with E-state index in [1.807, 2.05) is 6.92 Å². The van der Waals surface area contributed by atoms with Gasteiger partial charge in [-0.05, 0) is 32.4 Å². The second kappa shape index (κ2) is 7.27. The highest BCUT2D eigenvalue weighted by Crippen LogP contribution is 2.12. The molecule has 5 nitrogen and oxygen atoms in total. The van der Waals surface area contributed by atoms with E-state index in [1.165, 1.54) is 0 Å². The summed E-state index contributed by atoms with van der Waals surface area (Å²) in [7, 11) is 0. The molecule has 1 rings (SSSR count). The largest absolute Gasteiger partial charge is 0.480 e. The lowest BCUT2D eigenvalue weighted by molar-refractivity contribution is -0.142. The highest BCUT2D eigenvalue weighted by atomic mass is 16.4. The van der Waals surface area contributed by atoms with Gasteiger partial charge >= 0.3 is 5.97 Å². The SMILES string of the molecule is CCCCC(NC(=O)C1CCNCC1)C(=O)O. The van der Waals surface area contributed by atoms with Crippen molar-refractivity contribution in [3.8, 4) is 0 Å². The first-order valence-corrected chi connectivity index (χ1v) is 6.39. The molecule has 0 aromatic heterocycles. The highest BCUT2D eigenvalue weighted by molar-refractivity contribution is 5.85. The molecule has 3 N–H and O–H groups in total. The van der Waals surface area contributed by atoms with E-state index in [4.69, 9.17) is 5.11 Å². The monoisotopic (exact) mass is 242 g/mol. The fraction of sp³-hybridized carbons (Fsp3) is 0.833. The number of carbonyl (C=O) groups is 2. The van der Waals surface area contributed by atoms with Crippen molar-refractivity contribution in [3.05, 3.63) is 0 Å². The van der Waals surface area contributed by atoms with Crippen LogP contribution in [0, 0.1) is 5.92 Å². The topological polar surface area (TPSA) is 78.4 Å². The van der Waals surface area contributed by atoms with Crippen molar-refractivity contribution in [2.24, 2.45) is 5.92 Å². The third-order valence-electron chi connectivity index (χ3n) is 3.17. The number of hydrogen-bond donors (Lipinski definition) is 3. The average Bonchev–Trinajstić information content (AvgIpc) is 2.35. The van der Waals surface area contributed by atoms with Crippen molar-refractivity contribution in [1.82, 2.24) is 10.6 Å². The molecule has 0 radical (unpaired) electrons. The van der Waals surface area contributed by atoms with E-state index in [2.05, 4.69) is 10.6 Å². The number of unbranched alkanes of at least 4 members (excludes halogenated alkanes) is 1. The minimum absolute atomic E-state index is 0.0280. The lowest BCUT2D eigenvalue weighted by Crippen LogP contribution is -2.45. The fourth-order valence-corrected chi connectivity index (χ4v) is 2.04. The molecule has 5 heteroatoms. The number of carbonyl (C=O) groups excluding carboxylic acids is 1. The molecule has 0 spiro atoms. The fourth-order valence-electron chi connectivity index (χ4n) is 2.04. The van der Waals surface area contributed by atoms with Gasteiger partial charge in [0.25, 0.3) is 0 Å². The highest BCUT2D eigenvalue weighted by Gasteiger charge is 2.25. The number of carboxylic acid groups (broad SMARTS) is 1. The molecule has 1 atom stereocenters. The molecule has 17 heavy (non-hydrogen) atoms. The van der Waals surface area contributed by atoms with Crippen LogP contribution in [0.1, 0.15) is 39.0 Å². The molecular formula is C12H22N2O3. The third kappa shape index (κ3) is 4.73. The van der Waals surface area contributed by atoms with E-state index in [1.54, 1.807) is 0 Å². The van der Waals surface area contributed by atoms with Gasteiger partial charge in [-0.15, -0.1) is 0 Å². The molecule has 1 aliphatic rings. The van der Waals surface area contributed by atoms with Gasteiger partial charge in [0.1, 0.15) is 6.04 Å². The maximum Gasteiger partial charge on any atom is 0.326 e. The van der Waals surface area contributed by atoms with Crippen LogP contribution in [0.4, 0.5) is 0 Å². The first-order chi connectivity index (χ1) is 8.15. The lowest BCUT2D eigenvalue weighted by Gasteiger charge is -2.23. The van der Waals surface area contributed by atoms with E-state index in [9.17, 15) is 9.59 Å². The summed E-state index contributed by atoms with van der Waals surface area (Å²) in [6.07, 6.45) is 3.87. The molecule has 1 fully saturated rings. The number of piperidine rings is 1. The first-order valence-electron chi connectivity index (χ1n) is 6.39. The summed E-state index contributed by atoms with van der Waals surface area (Å²) in [5.74, 6) is -1.06. The summed E-state index contributed by atoms with van der Waals surface area (Å²) >= 11 is 0. The number of aliphatic carboxylic acids is 1. The molecule has 0 aliphatic carbocycles. The molecule has 0 bridgehead atoms. The van der Waals surface area contributed by atoms with Crippen LogP contribution in [0.5, 0.6) is 0 Å². The Kier molecular flexibility index (Phi) is 5.97. The Morgan fingerprint density at radius 1 is 1.41 bits per heavy atom. The maximum atomic E-state index is 11.9. The minimum Gasteiger partial charge on any atom is -0.480 e. The average molecular weight is 242 g/mol. The molecule has 98 valence electrons. The van der Waals surface area contributed by atoms with Gasteiger partial charge in [0.15, 0.2) is 0 Å². The van der Waals surface area contributed by atoms with Crippen molar-refractivity contribution in [1.29, 1.82) is 0 Å². The Morgan fingerprint density at radius 2 is 2.06 bits per heavy atom. The number of rotatable bonds is 6. The molecule has 0 aromatic carbocycles. The smallest absolute Gasteiger partial charge is 0.326 e. The van der Waals surface area contributed by atoms with Crippen LogP contribution < -0.4 is 10.6 Å². The summed E-state index contributed by atoms with van der Waals surface area (Å²) < 4.78 is 0. The van der Waals surface area contributed by atoms with Gasteiger partial charge in [-0.3, -0.25) is 4.79 Å². The van der Waals surface area contributed by atoms with Gasteiger partial charge in [0.05, 0.1) is 0 Å². The Bertz CT molecular complexity index is 262. The van der Waals surface area contributed by atoms with Crippen LogP contribution >= 0.6 is 0 Å². The van der Waals surface area contributed by atoms with Gasteiger partial charge in [-0.2, -0.15) is 0 Å². The molecule has 0 aromatic rings. The molecule has 1 unspecified atom stereocenters. The molecule has 1 saturated heterocycles. The zero-order valence-corrected chi connectivity index (χ0v) is 10.4. The van der Waals surface area contributed by atoms with Crippen LogP contribution in [0.15, 0.2) is 0 Å². The van der Waals surface area contributed by atoms with Crippen molar-refractivity contribution in [2.45, 2.75) is 45.1 Å². The molecule has 0 saturated carbocycles. The summed E-state index contributed by atoms with van der Waals surface area (Å²) in [6.45, 7) is 3.68. The van der Waals surface area contributed by atoms with Crippen LogP contribution in [0.25, 0.3) is 0 Å². The van der Waals surface area contributed by atoms with Gasteiger partial charge in [-0.25, -0.2) is 4.79 Å². The second-order valence-electron chi connectivity index (χ2n) is 4.57. The summed E-state index contributed by atoms with van der Waals surface area (Å²) in [5, 5.41) is 14.9. The predicted molar refractivity (Wildman–Crippen MR) is 64.7 cm³/mol. The lowest BCUT2D eigenvalue weighted by atomic mass is 9.96. The van der Waals surface area contributed by atoms with E-state index in [0.29, 0.717) is 6.42 Å². The molecular weight excluding hydrogens is 220 g/mol. The van der Waals surface area contributed by atoms with E-state index in [-0.39, 0.29) is 11.8 Å². The van der Waals surface area contributed by atoms with Crippen molar-refractivity contribution < 1.29 is 14.7 Å². The van der Waals surface area contributed by atoms with Gasteiger partial charge in [0, 0.05) is 5.92 Å². The summed E-state index contributed by atoms with van der Waals surface area (Å²) in [4.78, 5) is 22.9. The van der Waals surface area contributed by atoms with Gasteiger partial charge in [0.2, 0.25) is 5.91 Å². The number of carboxylic acids is 1. The Hall–Kier alpha value is -1.10. The van der Waals surface area contributed by atoms with E-state index < -0.39 is 12.0 Å². The van der Waals surface area contributed by atoms with Crippen LogP contribution in [0.2, 0.25) is 0 Å². The summed E-state index contributed by atoms with van der Waals surface area (Å²) in [6, 6.07) is -0.725. The molecule has 1 heterocycles. The molecule has 1 amide bonds. The predicted octanol–water partition coefficient (Wildman–Crippen LogP) is 0.746. The normalized spacial score (nSPS) is 18.6. The Balaban J connectivity index is 2.42. The first kappa shape index (κ1) is 14.0. The third-order valence-corrected chi connectivity index (χ3v) is 3.17. The Morgan fingerprint density at radius 3 is 2.59 bits per heavy atom. The Labute approximate surface area is 102 Å². The molecule has 1 aliphatic heterocycles. The van der Waals surface area contributed by atoms with E-state index >= 15 is 0 Å². The maximum absolute atomic E-state index is 11.9. The number of hydrogen-bond acceptors (Lipinski definition) is 3. The summed E-state index contributed by atoms with van der Waals surface area (Å²) in [5.41, 5.74) is 0. The van der Waals surface area contributed by atoms with Crippen LogP contribution in [0.3, 0.4) is 0 Å². The van der Waals surface area contributed by atoms with Crippen molar-refractivity contribution in [2.75, 3.05) is 13.1 Å². The van der Waals surface area contributed by atoms with E-state index in [0.717, 1.165) is 38.8 Å². The van der Waals surface area contributed by atoms with Crippen molar-refractivity contribution >= 4 is 11.9 Å². The second-order valence-corrected chi connectivity index (χ2v) is 4.57.